The highest BCUT2D eigenvalue weighted by Crippen LogP contribution is 2.47. The van der Waals surface area contributed by atoms with Crippen molar-refractivity contribution in [1.82, 2.24) is 4.90 Å². The van der Waals surface area contributed by atoms with Gasteiger partial charge in [0.15, 0.2) is 0 Å². The third kappa shape index (κ3) is 2.68. The Hall–Kier alpha value is -1.06. The van der Waals surface area contributed by atoms with Gasteiger partial charge in [0.1, 0.15) is 0 Å². The Kier molecular flexibility index (Phi) is 3.89. The topological polar surface area (TPSA) is 12.5 Å². The first-order valence-electron chi connectivity index (χ1n) is 7.94. The molecule has 0 spiro atoms. The third-order valence-electron chi connectivity index (χ3n) is 5.12. The van der Waals surface area contributed by atoms with Crippen LogP contribution >= 0.6 is 23.2 Å². The van der Waals surface area contributed by atoms with Gasteiger partial charge in [-0.3, -0.25) is 4.90 Å². The number of ether oxygens (including phenoxy) is 1. The van der Waals surface area contributed by atoms with Gasteiger partial charge in [0.05, 0.1) is 22.3 Å². The number of fused-ring (bicyclic) bond motifs is 3. The maximum absolute atomic E-state index is 6.39. The van der Waals surface area contributed by atoms with Crippen LogP contribution in [0.3, 0.4) is 0 Å². The molecule has 120 valence electrons. The second kappa shape index (κ2) is 5.78. The molecule has 0 aliphatic carbocycles. The first kappa shape index (κ1) is 15.5. The molecule has 2 aromatic carbocycles. The number of hydrogen-bond donors (Lipinski definition) is 0. The normalized spacial score (nSPS) is 26.8. The second-order valence-electron chi connectivity index (χ2n) is 6.74. The van der Waals surface area contributed by atoms with Gasteiger partial charge < -0.3 is 4.74 Å². The summed E-state index contributed by atoms with van der Waals surface area (Å²) in [4.78, 5) is 2.47. The lowest BCUT2D eigenvalue weighted by atomic mass is 9.81. The summed E-state index contributed by atoms with van der Waals surface area (Å²) in [6, 6.07) is 14.6. The van der Waals surface area contributed by atoms with Crippen molar-refractivity contribution in [2.45, 2.75) is 31.6 Å². The fraction of sp³-hybridized carbons (Fsp3) is 0.368. The summed E-state index contributed by atoms with van der Waals surface area (Å²) < 4.78 is 6.23. The average molecular weight is 348 g/mol. The number of halogens is 2. The molecule has 2 aliphatic heterocycles. The zero-order valence-electron chi connectivity index (χ0n) is 13.1. The van der Waals surface area contributed by atoms with E-state index in [1.165, 1.54) is 11.1 Å². The molecule has 2 aromatic rings. The quantitative estimate of drug-likeness (QED) is 0.767. The van der Waals surface area contributed by atoms with Crippen LogP contribution in [0.4, 0.5) is 0 Å². The van der Waals surface area contributed by atoms with Crippen LogP contribution in [0, 0.1) is 0 Å². The second-order valence-corrected chi connectivity index (χ2v) is 7.52. The number of likely N-dealkylation sites (tertiary alicyclic amines) is 1. The molecule has 23 heavy (non-hydrogen) atoms. The van der Waals surface area contributed by atoms with Gasteiger partial charge in [0.2, 0.25) is 0 Å². The summed E-state index contributed by atoms with van der Waals surface area (Å²) in [6.07, 6.45) is 0. The molecular weight excluding hydrogens is 329 g/mol. The van der Waals surface area contributed by atoms with Gasteiger partial charge in [-0.1, -0.05) is 59.6 Å². The Morgan fingerprint density at radius 3 is 2.74 bits per heavy atom. The predicted octanol–water partition coefficient (Wildman–Crippen LogP) is 4.88. The van der Waals surface area contributed by atoms with Crippen LogP contribution < -0.4 is 0 Å². The van der Waals surface area contributed by atoms with Gasteiger partial charge in [-0.15, -0.1) is 0 Å². The Balaban J connectivity index is 1.63. The molecule has 1 fully saturated rings. The molecule has 0 aromatic heterocycles. The standard InChI is InChI=1S/C19H19Cl2NO/c1-19-12-22(9-13-5-3-2-4-6-13)10-16(19)14-7-8-17(20)18(21)15(14)11-23-19/h2-8,16H,9-12H2,1H3/t16-,19-/m1/s1. The molecule has 2 atom stereocenters. The van der Waals surface area contributed by atoms with E-state index >= 15 is 0 Å². The van der Waals surface area contributed by atoms with Gasteiger partial charge >= 0.3 is 0 Å². The van der Waals surface area contributed by atoms with Crippen molar-refractivity contribution in [1.29, 1.82) is 0 Å². The van der Waals surface area contributed by atoms with Crippen LogP contribution in [0.2, 0.25) is 10.0 Å². The smallest absolute Gasteiger partial charge is 0.0866 e. The van der Waals surface area contributed by atoms with Gasteiger partial charge in [-0.2, -0.15) is 0 Å². The molecule has 4 heteroatoms. The van der Waals surface area contributed by atoms with E-state index in [0.29, 0.717) is 22.6 Å². The summed E-state index contributed by atoms with van der Waals surface area (Å²) in [5.41, 5.74) is 3.54. The lowest BCUT2D eigenvalue weighted by molar-refractivity contribution is -0.0567. The number of rotatable bonds is 2. The molecule has 0 amide bonds. The summed E-state index contributed by atoms with van der Waals surface area (Å²) >= 11 is 12.5. The van der Waals surface area contributed by atoms with E-state index < -0.39 is 0 Å². The summed E-state index contributed by atoms with van der Waals surface area (Å²) in [5.74, 6) is 0.338. The Morgan fingerprint density at radius 2 is 1.96 bits per heavy atom. The van der Waals surface area contributed by atoms with Crippen molar-refractivity contribution in [2.75, 3.05) is 13.1 Å². The van der Waals surface area contributed by atoms with E-state index in [2.05, 4.69) is 48.2 Å². The highest BCUT2D eigenvalue weighted by molar-refractivity contribution is 6.42. The van der Waals surface area contributed by atoms with Crippen LogP contribution in [0.1, 0.15) is 29.5 Å². The molecule has 4 rings (SSSR count). The number of benzene rings is 2. The number of nitrogens with zero attached hydrogens (tertiary/aromatic N) is 1. The minimum Gasteiger partial charge on any atom is -0.369 e. The molecule has 2 aliphatic rings. The third-order valence-corrected chi connectivity index (χ3v) is 5.96. The minimum absolute atomic E-state index is 0.154. The van der Waals surface area contributed by atoms with Crippen molar-refractivity contribution in [3.05, 3.63) is 69.2 Å². The van der Waals surface area contributed by atoms with E-state index in [1.807, 2.05) is 6.07 Å². The first-order chi connectivity index (χ1) is 11.1. The Morgan fingerprint density at radius 1 is 1.17 bits per heavy atom. The Bertz CT molecular complexity index is 734. The Labute approximate surface area is 147 Å². The van der Waals surface area contributed by atoms with Gasteiger partial charge in [0.25, 0.3) is 0 Å². The van der Waals surface area contributed by atoms with E-state index in [0.717, 1.165) is 25.2 Å². The summed E-state index contributed by atoms with van der Waals surface area (Å²) in [5, 5.41) is 1.25. The average Bonchev–Trinajstić information content (AvgIpc) is 2.88. The SMILES string of the molecule is C[C@@]12CN(Cc3ccccc3)C[C@@H]1c1ccc(Cl)c(Cl)c1CO2. The highest BCUT2D eigenvalue weighted by atomic mass is 35.5. The lowest BCUT2D eigenvalue weighted by Gasteiger charge is -2.37. The highest BCUT2D eigenvalue weighted by Gasteiger charge is 2.48. The monoisotopic (exact) mass is 347 g/mol. The van der Waals surface area contributed by atoms with E-state index in [1.54, 1.807) is 0 Å². The van der Waals surface area contributed by atoms with Crippen LogP contribution in [-0.4, -0.2) is 23.6 Å². The van der Waals surface area contributed by atoms with Gasteiger partial charge in [0, 0.05) is 31.1 Å². The van der Waals surface area contributed by atoms with Gasteiger partial charge in [-0.25, -0.2) is 0 Å². The van der Waals surface area contributed by atoms with E-state index in [-0.39, 0.29) is 5.60 Å². The van der Waals surface area contributed by atoms with Gasteiger partial charge in [-0.05, 0) is 24.1 Å². The molecular formula is C19H19Cl2NO. The molecule has 2 nitrogen and oxygen atoms in total. The fourth-order valence-corrected chi connectivity index (χ4v) is 4.33. The molecule has 0 saturated carbocycles. The van der Waals surface area contributed by atoms with Crippen molar-refractivity contribution in [2.24, 2.45) is 0 Å². The molecule has 2 heterocycles. The zero-order chi connectivity index (χ0) is 16.0. The molecule has 0 N–H and O–H groups in total. The molecule has 1 saturated heterocycles. The summed E-state index contributed by atoms with van der Waals surface area (Å²) in [7, 11) is 0. The van der Waals surface area contributed by atoms with Crippen LogP contribution in [0.5, 0.6) is 0 Å². The van der Waals surface area contributed by atoms with E-state index in [9.17, 15) is 0 Å². The van der Waals surface area contributed by atoms with Crippen molar-refractivity contribution in [3.8, 4) is 0 Å². The van der Waals surface area contributed by atoms with E-state index in [4.69, 9.17) is 27.9 Å². The molecule has 0 unspecified atom stereocenters. The van der Waals surface area contributed by atoms with Crippen molar-refractivity contribution in [3.63, 3.8) is 0 Å². The lowest BCUT2D eigenvalue weighted by Crippen LogP contribution is -2.40. The van der Waals surface area contributed by atoms with Crippen molar-refractivity contribution < 1.29 is 4.74 Å². The van der Waals surface area contributed by atoms with Crippen molar-refractivity contribution >= 4 is 23.2 Å². The predicted molar refractivity (Wildman–Crippen MR) is 94.1 cm³/mol. The minimum atomic E-state index is -0.154. The van der Waals surface area contributed by atoms with Crippen LogP contribution in [0.25, 0.3) is 0 Å². The number of hydrogen-bond acceptors (Lipinski definition) is 2. The maximum Gasteiger partial charge on any atom is 0.0866 e. The van der Waals surface area contributed by atoms with Crippen LogP contribution in [0.15, 0.2) is 42.5 Å². The molecule has 0 radical (unpaired) electrons. The van der Waals surface area contributed by atoms with Crippen LogP contribution in [-0.2, 0) is 17.9 Å². The zero-order valence-corrected chi connectivity index (χ0v) is 14.6. The fourth-order valence-electron chi connectivity index (χ4n) is 3.92. The first-order valence-corrected chi connectivity index (χ1v) is 8.69. The largest absolute Gasteiger partial charge is 0.369 e. The maximum atomic E-state index is 6.39. The molecule has 0 bridgehead atoms. The summed E-state index contributed by atoms with van der Waals surface area (Å²) in [6.45, 7) is 5.63.